The Bertz CT molecular complexity index is 722. The minimum Gasteiger partial charge on any atom is -0.465 e. The molecule has 32 heavy (non-hydrogen) atoms. The number of unbranched alkanes of at least 4 members (excludes halogenated alkanes) is 12. The molecule has 0 aliphatic heterocycles. The van der Waals surface area contributed by atoms with Gasteiger partial charge in [-0.15, -0.1) is 0 Å². The first-order chi connectivity index (χ1) is 15.8. The SMILES string of the molecule is CCCCCCCCC=COc1ccc(-c2ncc(CCCCCCCCC)cn2)cc1. The van der Waals surface area contributed by atoms with Crippen molar-refractivity contribution in [2.24, 2.45) is 0 Å². The third kappa shape index (κ3) is 11.5. The van der Waals surface area contributed by atoms with Crippen LogP contribution in [0.5, 0.6) is 5.75 Å². The predicted octanol–water partition coefficient (Wildman–Crippen LogP) is 9.08. The zero-order chi connectivity index (χ0) is 22.7. The van der Waals surface area contributed by atoms with Crippen LogP contribution < -0.4 is 4.74 Å². The Kier molecular flexibility index (Phi) is 14.2. The van der Waals surface area contributed by atoms with Gasteiger partial charge in [0.1, 0.15) is 5.75 Å². The molecule has 3 nitrogen and oxygen atoms in total. The Morgan fingerprint density at radius 1 is 0.688 bits per heavy atom. The van der Waals surface area contributed by atoms with Crippen molar-refractivity contribution in [3.63, 3.8) is 0 Å². The van der Waals surface area contributed by atoms with Gasteiger partial charge in [-0.2, -0.15) is 0 Å². The minimum absolute atomic E-state index is 0.776. The highest BCUT2D eigenvalue weighted by atomic mass is 16.5. The average Bonchev–Trinajstić information content (AvgIpc) is 2.83. The van der Waals surface area contributed by atoms with Gasteiger partial charge >= 0.3 is 0 Å². The number of allylic oxidation sites excluding steroid dienone is 1. The third-order valence-corrected chi connectivity index (χ3v) is 5.91. The molecular formula is C29H44N2O. The zero-order valence-corrected chi connectivity index (χ0v) is 20.5. The van der Waals surface area contributed by atoms with E-state index in [1.54, 1.807) is 0 Å². The van der Waals surface area contributed by atoms with Gasteiger partial charge in [0.05, 0.1) is 6.26 Å². The number of rotatable bonds is 18. The molecule has 0 unspecified atom stereocenters. The molecule has 2 rings (SSSR count). The van der Waals surface area contributed by atoms with Crippen LogP contribution in [0.1, 0.15) is 109 Å². The Balaban J connectivity index is 1.65. The molecule has 3 heteroatoms. The van der Waals surface area contributed by atoms with Crippen LogP contribution in [-0.2, 0) is 6.42 Å². The second kappa shape index (κ2) is 17.4. The van der Waals surface area contributed by atoms with Gasteiger partial charge in [-0.25, -0.2) is 9.97 Å². The molecule has 1 aromatic heterocycles. The van der Waals surface area contributed by atoms with E-state index in [0.717, 1.165) is 30.0 Å². The van der Waals surface area contributed by atoms with E-state index in [9.17, 15) is 0 Å². The Labute approximate surface area is 196 Å². The summed E-state index contributed by atoms with van der Waals surface area (Å²) < 4.78 is 5.73. The topological polar surface area (TPSA) is 35.0 Å². The van der Waals surface area contributed by atoms with Crippen LogP contribution in [0.4, 0.5) is 0 Å². The molecule has 0 N–H and O–H groups in total. The van der Waals surface area contributed by atoms with Gasteiger partial charge in [-0.1, -0.05) is 84.5 Å². The number of hydrogen-bond acceptors (Lipinski definition) is 3. The molecule has 1 heterocycles. The monoisotopic (exact) mass is 436 g/mol. The van der Waals surface area contributed by atoms with Crippen LogP contribution in [-0.4, -0.2) is 9.97 Å². The van der Waals surface area contributed by atoms with Gasteiger partial charge in [-0.3, -0.25) is 0 Å². The normalized spacial score (nSPS) is 11.3. The summed E-state index contributed by atoms with van der Waals surface area (Å²) in [6.07, 6.45) is 27.4. The van der Waals surface area contributed by atoms with Crippen LogP contribution in [0.2, 0.25) is 0 Å². The first-order valence-electron chi connectivity index (χ1n) is 13.1. The summed E-state index contributed by atoms with van der Waals surface area (Å²) in [5.74, 6) is 1.63. The summed E-state index contributed by atoms with van der Waals surface area (Å²) in [7, 11) is 0. The first-order valence-corrected chi connectivity index (χ1v) is 13.1. The highest BCUT2D eigenvalue weighted by Gasteiger charge is 2.03. The van der Waals surface area contributed by atoms with Crippen LogP contribution in [0, 0.1) is 0 Å². The van der Waals surface area contributed by atoms with Crippen molar-refractivity contribution >= 4 is 0 Å². The predicted molar refractivity (Wildman–Crippen MR) is 137 cm³/mol. The molecular weight excluding hydrogens is 392 g/mol. The standard InChI is InChI=1S/C29H44N2O/c1-3-5-7-9-11-13-15-17-23-32-28-21-19-27(20-22-28)29-30-24-26(25-31-29)18-16-14-12-10-8-6-4-2/h17,19-25H,3-16,18H2,1-2H3. The minimum atomic E-state index is 0.776. The maximum absolute atomic E-state index is 5.73. The van der Waals surface area contributed by atoms with Crippen molar-refractivity contribution in [2.75, 3.05) is 0 Å². The Morgan fingerprint density at radius 2 is 1.25 bits per heavy atom. The van der Waals surface area contributed by atoms with E-state index < -0.39 is 0 Å². The van der Waals surface area contributed by atoms with Gasteiger partial charge in [0, 0.05) is 18.0 Å². The fraction of sp³-hybridized carbons (Fsp3) is 0.586. The fourth-order valence-corrected chi connectivity index (χ4v) is 3.84. The summed E-state index contributed by atoms with van der Waals surface area (Å²) in [5, 5.41) is 0. The highest BCUT2D eigenvalue weighted by molar-refractivity contribution is 5.55. The van der Waals surface area contributed by atoms with Crippen molar-refractivity contribution in [1.29, 1.82) is 0 Å². The van der Waals surface area contributed by atoms with Gasteiger partial charge < -0.3 is 4.74 Å². The number of aryl methyl sites for hydroxylation is 1. The molecule has 2 aromatic rings. The molecule has 0 aliphatic rings. The lowest BCUT2D eigenvalue weighted by molar-refractivity contribution is 0.477. The van der Waals surface area contributed by atoms with E-state index in [4.69, 9.17) is 4.74 Å². The smallest absolute Gasteiger partial charge is 0.159 e. The molecule has 0 fully saturated rings. The summed E-state index contributed by atoms with van der Waals surface area (Å²) >= 11 is 0. The second-order valence-electron chi connectivity index (χ2n) is 8.86. The number of nitrogens with zero attached hydrogens (tertiary/aromatic N) is 2. The lowest BCUT2D eigenvalue weighted by Gasteiger charge is -2.05. The summed E-state index contributed by atoms with van der Waals surface area (Å²) in [5.41, 5.74) is 2.26. The summed E-state index contributed by atoms with van der Waals surface area (Å²) in [6, 6.07) is 8.03. The molecule has 0 radical (unpaired) electrons. The van der Waals surface area contributed by atoms with Gasteiger partial charge in [0.15, 0.2) is 5.82 Å². The number of benzene rings is 1. The van der Waals surface area contributed by atoms with Crippen LogP contribution in [0.15, 0.2) is 49.0 Å². The molecule has 0 bridgehead atoms. The summed E-state index contributed by atoms with van der Waals surface area (Å²) in [4.78, 5) is 9.15. The molecule has 1 aromatic carbocycles. The lowest BCUT2D eigenvalue weighted by Crippen LogP contribution is -1.93. The van der Waals surface area contributed by atoms with E-state index in [2.05, 4.69) is 29.9 Å². The molecule has 0 saturated carbocycles. The van der Waals surface area contributed by atoms with Crippen molar-refractivity contribution in [1.82, 2.24) is 9.97 Å². The van der Waals surface area contributed by atoms with E-state index in [-0.39, 0.29) is 0 Å². The van der Waals surface area contributed by atoms with Crippen molar-refractivity contribution in [3.05, 3.63) is 54.6 Å². The number of ether oxygens (including phenoxy) is 1. The van der Waals surface area contributed by atoms with E-state index in [0.29, 0.717) is 0 Å². The summed E-state index contributed by atoms with van der Waals surface area (Å²) in [6.45, 7) is 4.52. The van der Waals surface area contributed by atoms with Crippen molar-refractivity contribution in [3.8, 4) is 17.1 Å². The largest absolute Gasteiger partial charge is 0.465 e. The van der Waals surface area contributed by atoms with E-state index in [1.165, 1.54) is 89.0 Å². The molecule has 0 saturated heterocycles. The van der Waals surface area contributed by atoms with Gasteiger partial charge in [0.25, 0.3) is 0 Å². The number of aromatic nitrogens is 2. The van der Waals surface area contributed by atoms with Gasteiger partial charge in [0.2, 0.25) is 0 Å². The van der Waals surface area contributed by atoms with Crippen molar-refractivity contribution < 1.29 is 4.74 Å². The second-order valence-corrected chi connectivity index (χ2v) is 8.86. The quantitative estimate of drug-likeness (QED) is 0.173. The maximum atomic E-state index is 5.73. The van der Waals surface area contributed by atoms with Crippen LogP contribution in [0.3, 0.4) is 0 Å². The fourth-order valence-electron chi connectivity index (χ4n) is 3.84. The molecule has 176 valence electrons. The molecule has 0 spiro atoms. The van der Waals surface area contributed by atoms with Crippen LogP contribution in [0.25, 0.3) is 11.4 Å². The Hall–Kier alpha value is -2.16. The number of hydrogen-bond donors (Lipinski definition) is 0. The molecule has 0 atom stereocenters. The molecule has 0 amide bonds. The first kappa shape index (κ1) is 26.1. The zero-order valence-electron chi connectivity index (χ0n) is 20.5. The average molecular weight is 437 g/mol. The highest BCUT2D eigenvalue weighted by Crippen LogP contribution is 2.20. The van der Waals surface area contributed by atoms with Crippen LogP contribution >= 0.6 is 0 Å². The third-order valence-electron chi connectivity index (χ3n) is 5.91. The van der Waals surface area contributed by atoms with E-state index in [1.807, 2.05) is 42.9 Å². The van der Waals surface area contributed by atoms with E-state index >= 15 is 0 Å². The Morgan fingerprint density at radius 3 is 1.88 bits per heavy atom. The van der Waals surface area contributed by atoms with Gasteiger partial charge in [-0.05, 0) is 61.6 Å². The van der Waals surface area contributed by atoms with Crippen molar-refractivity contribution in [2.45, 2.75) is 110 Å². The maximum Gasteiger partial charge on any atom is 0.159 e. The molecule has 0 aliphatic carbocycles. The lowest BCUT2D eigenvalue weighted by atomic mass is 10.1.